The minimum absolute atomic E-state index is 0.0588. The van der Waals surface area contributed by atoms with Crippen LogP contribution >= 0.6 is 11.3 Å². The fourth-order valence-electron chi connectivity index (χ4n) is 3.34. The number of hydrogen-bond donors (Lipinski definition) is 3. The van der Waals surface area contributed by atoms with Crippen LogP contribution in [0.5, 0.6) is 5.75 Å². The third kappa shape index (κ3) is 6.54. The Morgan fingerprint density at radius 2 is 1.89 bits per heavy atom. The number of aromatic nitrogens is 2. The minimum atomic E-state index is -0.494. The van der Waals surface area contributed by atoms with Crippen molar-refractivity contribution >= 4 is 33.9 Å². The number of rotatable bonds is 11. The Kier molecular flexibility index (Phi) is 8.04. The molecule has 2 aromatic carbocycles. The number of hydrogen-bond acceptors (Lipinski definition) is 9. The number of thiazole rings is 1. The zero-order chi connectivity index (χ0) is 25.3. The predicted octanol–water partition coefficient (Wildman–Crippen LogP) is 4.51. The van der Waals surface area contributed by atoms with Crippen LogP contribution in [0.25, 0.3) is 11.3 Å². The summed E-state index contributed by atoms with van der Waals surface area (Å²) in [6.07, 6.45) is 1.87. The zero-order valence-electron chi connectivity index (χ0n) is 19.2. The van der Waals surface area contributed by atoms with Gasteiger partial charge in [-0.25, -0.2) is 9.97 Å². The van der Waals surface area contributed by atoms with Crippen LogP contribution in [-0.2, 0) is 6.61 Å². The summed E-state index contributed by atoms with van der Waals surface area (Å²) in [5.41, 5.74) is 8.84. The molecule has 0 aliphatic rings. The van der Waals surface area contributed by atoms with E-state index in [1.54, 1.807) is 18.2 Å². The fourth-order valence-corrected chi connectivity index (χ4v) is 3.90. The largest absolute Gasteiger partial charge is 0.488 e. The highest BCUT2D eigenvalue weighted by Gasteiger charge is 2.10. The topological polar surface area (TPSA) is 145 Å². The monoisotopic (exact) mass is 504 g/mol. The first-order valence-electron chi connectivity index (χ1n) is 11.1. The highest BCUT2D eigenvalue weighted by atomic mass is 32.1. The van der Waals surface area contributed by atoms with Crippen LogP contribution in [0, 0.1) is 10.1 Å². The number of ether oxygens (including phenoxy) is 1. The van der Waals surface area contributed by atoms with Crippen molar-refractivity contribution in [3.63, 3.8) is 0 Å². The molecule has 10 nitrogen and oxygen atoms in total. The summed E-state index contributed by atoms with van der Waals surface area (Å²) < 4.78 is 6.01. The Morgan fingerprint density at radius 1 is 1.08 bits per heavy atom. The molecule has 0 spiro atoms. The highest BCUT2D eigenvalue weighted by Crippen LogP contribution is 2.31. The number of nitrogen functional groups attached to an aromatic ring is 1. The molecule has 0 bridgehead atoms. The van der Waals surface area contributed by atoms with Crippen molar-refractivity contribution in [2.24, 2.45) is 0 Å². The number of anilines is 2. The van der Waals surface area contributed by atoms with Crippen LogP contribution in [0.3, 0.4) is 0 Å². The number of nitrogens with two attached hydrogens (primary N) is 1. The maximum atomic E-state index is 12.4. The molecule has 4 N–H and O–H groups in total. The summed E-state index contributed by atoms with van der Waals surface area (Å²) in [4.78, 5) is 30.9. The summed E-state index contributed by atoms with van der Waals surface area (Å²) in [5, 5.41) is 19.0. The molecule has 0 saturated carbocycles. The van der Waals surface area contributed by atoms with Crippen LogP contribution in [0.1, 0.15) is 22.3 Å². The van der Waals surface area contributed by atoms with Gasteiger partial charge in [-0.15, -0.1) is 11.3 Å². The molecule has 11 heteroatoms. The van der Waals surface area contributed by atoms with Gasteiger partial charge in [-0.3, -0.25) is 14.9 Å². The lowest BCUT2D eigenvalue weighted by atomic mass is 10.1. The number of nitro groups is 1. The van der Waals surface area contributed by atoms with Gasteiger partial charge in [0, 0.05) is 35.7 Å². The average Bonchev–Trinajstić information content (AvgIpc) is 3.34. The molecule has 1 amide bonds. The summed E-state index contributed by atoms with van der Waals surface area (Å²) in [5.74, 6) is 1.09. The molecule has 4 aromatic rings. The number of carbonyl (C=O) groups excluding carboxylic acids is 1. The number of benzene rings is 2. The first-order chi connectivity index (χ1) is 17.5. The Bertz CT molecular complexity index is 1330. The molecule has 0 radical (unpaired) electrons. The molecule has 0 fully saturated rings. The molecular weight excluding hydrogens is 480 g/mol. The zero-order valence-corrected chi connectivity index (χ0v) is 20.0. The Hall–Kier alpha value is -4.51. The molecule has 0 aliphatic heterocycles. The maximum Gasteiger partial charge on any atom is 0.287 e. The van der Waals surface area contributed by atoms with Crippen molar-refractivity contribution < 1.29 is 14.5 Å². The van der Waals surface area contributed by atoms with Gasteiger partial charge in [-0.1, -0.05) is 24.3 Å². The number of amides is 1. The molecule has 2 heterocycles. The van der Waals surface area contributed by atoms with Gasteiger partial charge in [-0.05, 0) is 42.3 Å². The van der Waals surface area contributed by atoms with Crippen molar-refractivity contribution in [2.75, 3.05) is 24.1 Å². The molecule has 0 saturated heterocycles. The van der Waals surface area contributed by atoms with Gasteiger partial charge in [0.05, 0.1) is 10.6 Å². The Labute approximate surface area is 211 Å². The first kappa shape index (κ1) is 24.6. The lowest BCUT2D eigenvalue weighted by Gasteiger charge is -2.11. The van der Waals surface area contributed by atoms with E-state index in [1.165, 1.54) is 23.6 Å². The van der Waals surface area contributed by atoms with Gasteiger partial charge in [-0.2, -0.15) is 0 Å². The van der Waals surface area contributed by atoms with E-state index < -0.39 is 4.92 Å². The standard InChI is InChI=1S/C25H24N6O4S/c26-25-30-21(16-36-25)20-4-1-2-5-22(20)35-15-17-6-8-18(9-7-17)24(32)28-13-3-12-27-23-11-10-19(14-29-23)31(33)34/h1-2,4-11,14,16H,3,12-13,15H2,(H2,26,30)(H,27,29)(H,28,32). The SMILES string of the molecule is Nc1nc(-c2ccccc2OCc2ccc(C(=O)NCCCNc3ccc([N+](=O)[O-])cn3)cc2)cs1. The molecule has 4 rings (SSSR count). The molecule has 0 unspecified atom stereocenters. The second-order valence-electron chi connectivity index (χ2n) is 7.75. The molecule has 2 aromatic heterocycles. The van der Waals surface area contributed by atoms with Crippen LogP contribution in [0.15, 0.2) is 72.2 Å². The van der Waals surface area contributed by atoms with E-state index in [4.69, 9.17) is 10.5 Å². The van der Waals surface area contributed by atoms with Crippen LogP contribution < -0.4 is 21.1 Å². The van der Waals surface area contributed by atoms with Gasteiger partial charge in [0.1, 0.15) is 24.4 Å². The molecule has 0 aliphatic carbocycles. The van der Waals surface area contributed by atoms with E-state index in [0.717, 1.165) is 16.8 Å². The normalized spacial score (nSPS) is 10.6. The van der Waals surface area contributed by atoms with Crippen LogP contribution in [0.2, 0.25) is 0 Å². The van der Waals surface area contributed by atoms with Gasteiger partial charge in [0.25, 0.3) is 11.6 Å². The first-order valence-corrected chi connectivity index (χ1v) is 12.0. The van der Waals surface area contributed by atoms with E-state index in [-0.39, 0.29) is 11.6 Å². The average molecular weight is 505 g/mol. The quantitative estimate of drug-likeness (QED) is 0.154. The predicted molar refractivity (Wildman–Crippen MR) is 139 cm³/mol. The van der Waals surface area contributed by atoms with E-state index in [9.17, 15) is 14.9 Å². The fraction of sp³-hybridized carbons (Fsp3) is 0.160. The lowest BCUT2D eigenvalue weighted by molar-refractivity contribution is -0.385. The highest BCUT2D eigenvalue weighted by molar-refractivity contribution is 7.13. The summed E-state index contributed by atoms with van der Waals surface area (Å²) in [6, 6.07) is 17.8. The minimum Gasteiger partial charge on any atom is -0.488 e. The van der Waals surface area contributed by atoms with E-state index >= 15 is 0 Å². The van der Waals surface area contributed by atoms with Gasteiger partial charge in [0.15, 0.2) is 5.13 Å². The van der Waals surface area contributed by atoms with Crippen molar-refractivity contribution in [2.45, 2.75) is 13.0 Å². The molecule has 0 atom stereocenters. The Morgan fingerprint density at radius 3 is 2.58 bits per heavy atom. The van der Waals surface area contributed by atoms with E-state index in [2.05, 4.69) is 20.6 Å². The third-order valence-electron chi connectivity index (χ3n) is 5.20. The smallest absolute Gasteiger partial charge is 0.287 e. The second kappa shape index (κ2) is 11.8. The third-order valence-corrected chi connectivity index (χ3v) is 5.87. The number of carbonyl (C=O) groups is 1. The van der Waals surface area contributed by atoms with Gasteiger partial charge >= 0.3 is 0 Å². The Balaban J connectivity index is 1.21. The molecular formula is C25H24N6O4S. The van der Waals surface area contributed by atoms with Crippen molar-refractivity contribution in [1.29, 1.82) is 0 Å². The molecule has 36 heavy (non-hydrogen) atoms. The van der Waals surface area contributed by atoms with Crippen LogP contribution in [0.4, 0.5) is 16.6 Å². The second-order valence-corrected chi connectivity index (χ2v) is 8.64. The number of para-hydroxylation sites is 1. The summed E-state index contributed by atoms with van der Waals surface area (Å²) >= 11 is 1.38. The van der Waals surface area contributed by atoms with E-state index in [0.29, 0.717) is 48.4 Å². The van der Waals surface area contributed by atoms with E-state index in [1.807, 2.05) is 41.8 Å². The number of nitrogens with one attached hydrogen (secondary N) is 2. The number of nitrogens with zero attached hydrogens (tertiary/aromatic N) is 3. The van der Waals surface area contributed by atoms with Crippen molar-refractivity contribution in [3.05, 3.63) is 93.5 Å². The molecule has 184 valence electrons. The van der Waals surface area contributed by atoms with Gasteiger partial charge in [0.2, 0.25) is 0 Å². The van der Waals surface area contributed by atoms with Gasteiger partial charge < -0.3 is 21.1 Å². The summed E-state index contributed by atoms with van der Waals surface area (Å²) in [6.45, 7) is 1.39. The van der Waals surface area contributed by atoms with Crippen LogP contribution in [-0.4, -0.2) is 33.9 Å². The maximum absolute atomic E-state index is 12.4. The lowest BCUT2D eigenvalue weighted by Crippen LogP contribution is -2.25. The number of pyridine rings is 1. The summed E-state index contributed by atoms with van der Waals surface area (Å²) in [7, 11) is 0. The van der Waals surface area contributed by atoms with Crippen molar-refractivity contribution in [1.82, 2.24) is 15.3 Å². The van der Waals surface area contributed by atoms with Crippen molar-refractivity contribution in [3.8, 4) is 17.0 Å².